The maximum Gasteiger partial charge on any atom is 0.241 e. The molecule has 1 atom stereocenters. The molecule has 0 radical (unpaired) electrons. The lowest BCUT2D eigenvalue weighted by Gasteiger charge is -2.14. The number of rotatable bonds is 6. The number of benzene rings is 1. The van der Waals surface area contributed by atoms with E-state index in [0.29, 0.717) is 17.8 Å². The van der Waals surface area contributed by atoms with Crippen LogP contribution in [0.4, 0.5) is 11.4 Å². The second kappa shape index (κ2) is 7.91. The van der Waals surface area contributed by atoms with Crippen molar-refractivity contribution in [3.63, 3.8) is 0 Å². The number of amides is 2. The van der Waals surface area contributed by atoms with Crippen molar-refractivity contribution >= 4 is 35.0 Å². The Morgan fingerprint density at radius 2 is 2.05 bits per heavy atom. The van der Waals surface area contributed by atoms with E-state index in [1.165, 1.54) is 6.92 Å². The van der Waals surface area contributed by atoms with Crippen LogP contribution in [0.15, 0.2) is 18.2 Å². The number of aryl methyl sites for hydroxylation is 1. The molecule has 0 aromatic heterocycles. The summed E-state index contributed by atoms with van der Waals surface area (Å²) in [7, 11) is 0. The zero-order valence-corrected chi connectivity index (χ0v) is 12.8. The molecule has 0 aliphatic rings. The van der Waals surface area contributed by atoms with Crippen LogP contribution in [0.5, 0.6) is 0 Å². The van der Waals surface area contributed by atoms with E-state index in [4.69, 9.17) is 5.73 Å². The first-order chi connectivity index (χ1) is 9.43. The molecule has 0 saturated heterocycles. The number of hydrogen-bond acceptors (Lipinski definition) is 4. The average Bonchev–Trinajstić information content (AvgIpc) is 2.39. The Hall–Kier alpha value is -1.53. The quantitative estimate of drug-likeness (QED) is 0.749. The van der Waals surface area contributed by atoms with Gasteiger partial charge in [-0.2, -0.15) is 11.8 Å². The predicted molar refractivity (Wildman–Crippen MR) is 85.1 cm³/mol. The van der Waals surface area contributed by atoms with Gasteiger partial charge in [-0.3, -0.25) is 9.59 Å². The van der Waals surface area contributed by atoms with Gasteiger partial charge in [0, 0.05) is 18.3 Å². The molecule has 20 heavy (non-hydrogen) atoms. The molecule has 6 heteroatoms. The highest BCUT2D eigenvalue weighted by Crippen LogP contribution is 2.20. The van der Waals surface area contributed by atoms with Crippen LogP contribution >= 0.6 is 11.8 Å². The third-order valence-electron chi connectivity index (χ3n) is 2.79. The van der Waals surface area contributed by atoms with E-state index in [2.05, 4.69) is 10.6 Å². The Labute approximate surface area is 123 Å². The summed E-state index contributed by atoms with van der Waals surface area (Å²) < 4.78 is 0. The Morgan fingerprint density at radius 1 is 1.35 bits per heavy atom. The van der Waals surface area contributed by atoms with Crippen LogP contribution in [0.3, 0.4) is 0 Å². The van der Waals surface area contributed by atoms with Crippen molar-refractivity contribution in [2.45, 2.75) is 26.3 Å². The number of carbonyl (C=O) groups excluding carboxylic acids is 2. The number of nitrogens with two attached hydrogens (primary N) is 1. The van der Waals surface area contributed by atoms with E-state index in [-0.39, 0.29) is 11.8 Å². The van der Waals surface area contributed by atoms with Crippen LogP contribution in [0, 0.1) is 6.92 Å². The van der Waals surface area contributed by atoms with Gasteiger partial charge in [0.2, 0.25) is 11.8 Å². The van der Waals surface area contributed by atoms with E-state index in [0.717, 1.165) is 11.3 Å². The van der Waals surface area contributed by atoms with Crippen LogP contribution in [-0.2, 0) is 9.59 Å². The van der Waals surface area contributed by atoms with E-state index >= 15 is 0 Å². The normalized spacial score (nSPS) is 11.8. The zero-order valence-electron chi connectivity index (χ0n) is 12.0. The van der Waals surface area contributed by atoms with E-state index in [1.54, 1.807) is 23.9 Å². The Bertz CT molecular complexity index is 491. The lowest BCUT2D eigenvalue weighted by molar-refractivity contribution is -0.117. The summed E-state index contributed by atoms with van der Waals surface area (Å²) in [5.41, 5.74) is 8.06. The van der Waals surface area contributed by atoms with Crippen LogP contribution in [0.2, 0.25) is 0 Å². The van der Waals surface area contributed by atoms with Gasteiger partial charge in [0.05, 0.1) is 6.04 Å². The number of carbonyl (C=O) groups is 2. The summed E-state index contributed by atoms with van der Waals surface area (Å²) in [4.78, 5) is 23.0. The van der Waals surface area contributed by atoms with Crippen LogP contribution in [0.1, 0.15) is 18.9 Å². The smallest absolute Gasteiger partial charge is 0.241 e. The van der Waals surface area contributed by atoms with E-state index in [9.17, 15) is 9.59 Å². The maximum atomic E-state index is 12.0. The molecule has 0 heterocycles. The minimum Gasteiger partial charge on any atom is -0.326 e. The van der Waals surface area contributed by atoms with Gasteiger partial charge in [0.15, 0.2) is 0 Å². The first-order valence-electron chi connectivity index (χ1n) is 6.37. The minimum atomic E-state index is -0.522. The molecular formula is C14H21N3O2S. The molecule has 2 amide bonds. The summed E-state index contributed by atoms with van der Waals surface area (Å²) >= 11 is 1.66. The molecule has 1 aromatic rings. The van der Waals surface area contributed by atoms with E-state index < -0.39 is 6.04 Å². The lowest BCUT2D eigenvalue weighted by atomic mass is 10.1. The van der Waals surface area contributed by atoms with Crippen molar-refractivity contribution in [1.29, 1.82) is 0 Å². The molecule has 1 aromatic carbocycles. The second-order valence-corrected chi connectivity index (χ2v) is 5.57. The van der Waals surface area contributed by atoms with Gasteiger partial charge >= 0.3 is 0 Å². The fraction of sp³-hybridized carbons (Fsp3) is 0.429. The fourth-order valence-corrected chi connectivity index (χ4v) is 2.13. The van der Waals surface area contributed by atoms with Crippen molar-refractivity contribution in [2.24, 2.45) is 5.73 Å². The Morgan fingerprint density at radius 3 is 2.65 bits per heavy atom. The van der Waals surface area contributed by atoms with Crippen LogP contribution < -0.4 is 16.4 Å². The highest BCUT2D eigenvalue weighted by molar-refractivity contribution is 7.98. The molecule has 1 rings (SSSR count). The molecule has 0 aliphatic carbocycles. The van der Waals surface area contributed by atoms with Crippen molar-refractivity contribution in [1.82, 2.24) is 0 Å². The van der Waals surface area contributed by atoms with Gasteiger partial charge in [-0.15, -0.1) is 0 Å². The second-order valence-electron chi connectivity index (χ2n) is 4.59. The molecule has 0 bridgehead atoms. The first kappa shape index (κ1) is 16.5. The van der Waals surface area contributed by atoms with Gasteiger partial charge in [-0.1, -0.05) is 6.07 Å². The van der Waals surface area contributed by atoms with E-state index in [1.807, 2.05) is 19.2 Å². The molecule has 5 nitrogen and oxygen atoms in total. The molecule has 110 valence electrons. The zero-order chi connectivity index (χ0) is 15.1. The molecule has 0 saturated carbocycles. The first-order valence-corrected chi connectivity index (χ1v) is 7.77. The summed E-state index contributed by atoms with van der Waals surface area (Å²) in [6.07, 6.45) is 2.61. The molecule has 0 aliphatic heterocycles. The van der Waals surface area contributed by atoms with Crippen LogP contribution in [0.25, 0.3) is 0 Å². The number of thioether (sulfide) groups is 1. The van der Waals surface area contributed by atoms with Gasteiger partial charge in [0.25, 0.3) is 0 Å². The lowest BCUT2D eigenvalue weighted by Crippen LogP contribution is -2.36. The summed E-state index contributed by atoms with van der Waals surface area (Å²) in [5.74, 6) is 0.490. The van der Waals surface area contributed by atoms with Crippen molar-refractivity contribution in [3.8, 4) is 0 Å². The topological polar surface area (TPSA) is 84.2 Å². The highest BCUT2D eigenvalue weighted by atomic mass is 32.2. The predicted octanol–water partition coefficient (Wildman–Crippen LogP) is 1.97. The molecule has 0 unspecified atom stereocenters. The molecule has 0 fully saturated rings. The largest absolute Gasteiger partial charge is 0.326 e. The van der Waals surface area contributed by atoms with Gasteiger partial charge in [-0.25, -0.2) is 0 Å². The third-order valence-corrected chi connectivity index (χ3v) is 3.43. The van der Waals surface area contributed by atoms with Crippen molar-refractivity contribution in [2.75, 3.05) is 22.6 Å². The Balaban J connectivity index is 2.75. The highest BCUT2D eigenvalue weighted by Gasteiger charge is 2.14. The molecule has 0 spiro atoms. The standard InChI is InChI=1S/C14H21N3O2S/c1-9-4-5-11(16-10(2)18)8-13(9)17-14(19)12(15)6-7-20-3/h4-5,8,12H,6-7,15H2,1-3H3,(H,16,18)(H,17,19)/t12-/m0/s1. The van der Waals surface area contributed by atoms with Gasteiger partial charge in [0.1, 0.15) is 0 Å². The minimum absolute atomic E-state index is 0.150. The maximum absolute atomic E-state index is 12.0. The third kappa shape index (κ3) is 5.22. The Kier molecular flexibility index (Phi) is 6.54. The van der Waals surface area contributed by atoms with Crippen molar-refractivity contribution in [3.05, 3.63) is 23.8 Å². The molecular weight excluding hydrogens is 274 g/mol. The summed E-state index contributed by atoms with van der Waals surface area (Å²) in [5, 5.41) is 5.49. The monoisotopic (exact) mass is 295 g/mol. The van der Waals surface area contributed by atoms with Gasteiger partial charge < -0.3 is 16.4 Å². The summed E-state index contributed by atoms with van der Waals surface area (Å²) in [6.45, 7) is 3.33. The SMILES string of the molecule is CSCC[C@H](N)C(=O)Nc1cc(NC(C)=O)ccc1C. The number of anilines is 2. The number of nitrogens with one attached hydrogen (secondary N) is 2. The fourth-order valence-electron chi connectivity index (χ4n) is 1.64. The summed E-state index contributed by atoms with van der Waals surface area (Å²) in [6, 6.07) is 4.84. The molecule has 4 N–H and O–H groups in total. The average molecular weight is 295 g/mol. The van der Waals surface area contributed by atoms with Gasteiger partial charge in [-0.05, 0) is 43.0 Å². The van der Waals surface area contributed by atoms with Crippen molar-refractivity contribution < 1.29 is 9.59 Å². The number of hydrogen-bond donors (Lipinski definition) is 3. The van der Waals surface area contributed by atoms with Crippen LogP contribution in [-0.4, -0.2) is 29.9 Å².